The number of carbonyl (C=O) groups excluding carboxylic acids is 1. The van der Waals surface area contributed by atoms with E-state index in [9.17, 15) is 4.79 Å². The van der Waals surface area contributed by atoms with E-state index in [0.717, 1.165) is 49.6 Å². The molecule has 6 heteroatoms. The predicted molar refractivity (Wildman–Crippen MR) is 78.0 cm³/mol. The first-order valence-electron chi connectivity index (χ1n) is 7.00. The maximum Gasteiger partial charge on any atom is 0.254 e. The summed E-state index contributed by atoms with van der Waals surface area (Å²) >= 11 is 1.56. The van der Waals surface area contributed by atoms with Crippen molar-refractivity contribution in [3.63, 3.8) is 0 Å². The van der Waals surface area contributed by atoms with E-state index >= 15 is 0 Å². The van der Waals surface area contributed by atoms with E-state index in [1.54, 1.807) is 11.3 Å². The first-order chi connectivity index (χ1) is 9.78. The van der Waals surface area contributed by atoms with E-state index in [1.807, 2.05) is 21.7 Å². The molecule has 3 rings (SSSR count). The number of hydrogen-bond acceptors (Lipinski definition) is 4. The zero-order valence-corrected chi connectivity index (χ0v) is 12.3. The van der Waals surface area contributed by atoms with Crippen molar-refractivity contribution in [3.8, 4) is 0 Å². The lowest BCUT2D eigenvalue weighted by Gasteiger charge is -2.31. The molecular weight excluding hydrogens is 272 g/mol. The molecule has 2 aromatic heterocycles. The van der Waals surface area contributed by atoms with Crippen molar-refractivity contribution in [2.24, 2.45) is 0 Å². The number of nitrogens with one attached hydrogen (secondary N) is 1. The number of aryl methyl sites for hydroxylation is 1. The summed E-state index contributed by atoms with van der Waals surface area (Å²) in [6, 6.07) is 1.89. The number of carbonyl (C=O) groups is 1. The maximum atomic E-state index is 12.4. The normalized spacial score (nSPS) is 19.2. The van der Waals surface area contributed by atoms with Crippen LogP contribution < -0.4 is 0 Å². The van der Waals surface area contributed by atoms with E-state index in [-0.39, 0.29) is 11.8 Å². The Hall–Kier alpha value is -1.69. The highest BCUT2D eigenvalue weighted by Crippen LogP contribution is 2.25. The number of rotatable bonds is 3. The molecule has 3 heterocycles. The summed E-state index contributed by atoms with van der Waals surface area (Å²) in [7, 11) is 0. The van der Waals surface area contributed by atoms with Crippen LogP contribution in [0.2, 0.25) is 0 Å². The predicted octanol–water partition coefficient (Wildman–Crippen LogP) is 2.45. The molecule has 2 aromatic rings. The van der Waals surface area contributed by atoms with Crippen LogP contribution in [0, 0.1) is 0 Å². The standard InChI is InChI=1S/C14H18N4OS/c1-2-12-15-13(17-16-12)10-4-3-6-18(8-10)14(19)11-5-7-20-9-11/h5,7,9-10H,2-4,6,8H2,1H3,(H,15,16,17)/t10-/m1/s1. The monoisotopic (exact) mass is 290 g/mol. The topological polar surface area (TPSA) is 61.9 Å². The third kappa shape index (κ3) is 2.60. The van der Waals surface area contributed by atoms with Crippen molar-refractivity contribution in [3.05, 3.63) is 34.0 Å². The van der Waals surface area contributed by atoms with E-state index in [0.29, 0.717) is 0 Å². The minimum Gasteiger partial charge on any atom is -0.338 e. The summed E-state index contributed by atoms with van der Waals surface area (Å²) in [4.78, 5) is 18.8. The highest BCUT2D eigenvalue weighted by molar-refractivity contribution is 7.08. The third-order valence-corrected chi connectivity index (χ3v) is 4.41. The highest BCUT2D eigenvalue weighted by Gasteiger charge is 2.27. The maximum absolute atomic E-state index is 12.4. The second-order valence-electron chi connectivity index (χ2n) is 5.10. The highest BCUT2D eigenvalue weighted by atomic mass is 32.1. The lowest BCUT2D eigenvalue weighted by molar-refractivity contribution is 0.0705. The molecule has 1 aliphatic heterocycles. The van der Waals surface area contributed by atoms with Crippen LogP contribution in [0.25, 0.3) is 0 Å². The molecule has 1 atom stereocenters. The Morgan fingerprint density at radius 1 is 1.60 bits per heavy atom. The van der Waals surface area contributed by atoms with Crippen molar-refractivity contribution in [1.82, 2.24) is 20.1 Å². The van der Waals surface area contributed by atoms with Gasteiger partial charge in [-0.3, -0.25) is 9.89 Å². The molecule has 0 bridgehead atoms. The molecule has 20 heavy (non-hydrogen) atoms. The number of nitrogens with zero attached hydrogens (tertiary/aromatic N) is 3. The van der Waals surface area contributed by atoms with Gasteiger partial charge < -0.3 is 4.90 Å². The smallest absolute Gasteiger partial charge is 0.254 e. The van der Waals surface area contributed by atoms with Gasteiger partial charge in [-0.2, -0.15) is 16.4 Å². The Balaban J connectivity index is 1.71. The number of aromatic nitrogens is 3. The van der Waals surface area contributed by atoms with E-state index < -0.39 is 0 Å². The fourth-order valence-electron chi connectivity index (χ4n) is 2.59. The molecule has 1 aliphatic rings. The van der Waals surface area contributed by atoms with Gasteiger partial charge in [0, 0.05) is 30.8 Å². The van der Waals surface area contributed by atoms with Crippen LogP contribution in [0.3, 0.4) is 0 Å². The van der Waals surface area contributed by atoms with Gasteiger partial charge in [0.25, 0.3) is 5.91 Å². The molecular formula is C14H18N4OS. The van der Waals surface area contributed by atoms with Gasteiger partial charge in [-0.05, 0) is 24.3 Å². The zero-order chi connectivity index (χ0) is 13.9. The zero-order valence-electron chi connectivity index (χ0n) is 11.5. The van der Waals surface area contributed by atoms with Gasteiger partial charge in [-0.1, -0.05) is 6.92 Å². The van der Waals surface area contributed by atoms with Crippen molar-refractivity contribution < 1.29 is 4.79 Å². The number of piperidine rings is 1. The van der Waals surface area contributed by atoms with Gasteiger partial charge in [-0.25, -0.2) is 4.98 Å². The van der Waals surface area contributed by atoms with E-state index in [2.05, 4.69) is 22.1 Å². The number of amides is 1. The Bertz CT molecular complexity index is 578. The fourth-order valence-corrected chi connectivity index (χ4v) is 3.22. The molecule has 0 radical (unpaired) electrons. The molecule has 1 amide bonds. The van der Waals surface area contributed by atoms with Crippen LogP contribution in [-0.4, -0.2) is 39.1 Å². The largest absolute Gasteiger partial charge is 0.338 e. The second kappa shape index (κ2) is 5.75. The Morgan fingerprint density at radius 3 is 3.20 bits per heavy atom. The van der Waals surface area contributed by atoms with Crippen molar-refractivity contribution in [2.45, 2.75) is 32.1 Å². The second-order valence-corrected chi connectivity index (χ2v) is 5.88. The van der Waals surface area contributed by atoms with E-state index in [1.165, 1.54) is 0 Å². The molecule has 0 saturated carbocycles. The summed E-state index contributed by atoms with van der Waals surface area (Å²) in [5.74, 6) is 2.15. The van der Waals surface area contributed by atoms with Crippen molar-refractivity contribution in [1.29, 1.82) is 0 Å². The molecule has 0 aliphatic carbocycles. The molecule has 1 N–H and O–H groups in total. The molecule has 0 aromatic carbocycles. The van der Waals surface area contributed by atoms with Gasteiger partial charge in [-0.15, -0.1) is 0 Å². The van der Waals surface area contributed by atoms with Gasteiger partial charge in [0.1, 0.15) is 5.82 Å². The Labute approximate surface area is 122 Å². The number of hydrogen-bond donors (Lipinski definition) is 1. The van der Waals surface area contributed by atoms with E-state index in [4.69, 9.17) is 0 Å². The molecule has 0 unspecified atom stereocenters. The summed E-state index contributed by atoms with van der Waals surface area (Å²) in [6.07, 6.45) is 2.92. The quantitative estimate of drug-likeness (QED) is 0.944. The minimum absolute atomic E-state index is 0.127. The average molecular weight is 290 g/mol. The Morgan fingerprint density at radius 2 is 2.50 bits per heavy atom. The van der Waals surface area contributed by atoms with Crippen LogP contribution in [-0.2, 0) is 6.42 Å². The molecule has 106 valence electrons. The van der Waals surface area contributed by atoms with Gasteiger partial charge in [0.15, 0.2) is 5.82 Å². The summed E-state index contributed by atoms with van der Waals surface area (Å²) in [5.41, 5.74) is 0.792. The minimum atomic E-state index is 0.127. The first-order valence-corrected chi connectivity index (χ1v) is 7.95. The number of likely N-dealkylation sites (tertiary alicyclic amines) is 1. The van der Waals surface area contributed by atoms with Crippen LogP contribution >= 0.6 is 11.3 Å². The van der Waals surface area contributed by atoms with Gasteiger partial charge in [0.05, 0.1) is 5.56 Å². The number of thiophene rings is 1. The summed E-state index contributed by atoms with van der Waals surface area (Å²) < 4.78 is 0. The van der Waals surface area contributed by atoms with Crippen molar-refractivity contribution >= 4 is 17.2 Å². The Kier molecular flexibility index (Phi) is 3.82. The van der Waals surface area contributed by atoms with Crippen LogP contribution in [0.5, 0.6) is 0 Å². The average Bonchev–Trinajstić information content (AvgIpc) is 3.17. The molecule has 5 nitrogen and oxygen atoms in total. The van der Waals surface area contributed by atoms with Gasteiger partial charge >= 0.3 is 0 Å². The molecule has 0 spiro atoms. The first kappa shape index (κ1) is 13.3. The van der Waals surface area contributed by atoms with Gasteiger partial charge in [0.2, 0.25) is 0 Å². The van der Waals surface area contributed by atoms with Crippen LogP contribution in [0.1, 0.15) is 47.7 Å². The fraction of sp³-hybridized carbons (Fsp3) is 0.500. The van der Waals surface area contributed by atoms with Crippen molar-refractivity contribution in [2.75, 3.05) is 13.1 Å². The summed E-state index contributed by atoms with van der Waals surface area (Å²) in [6.45, 7) is 3.60. The third-order valence-electron chi connectivity index (χ3n) is 3.73. The number of H-pyrrole nitrogens is 1. The van der Waals surface area contributed by atoms with Crippen LogP contribution in [0.15, 0.2) is 16.8 Å². The van der Waals surface area contributed by atoms with Crippen LogP contribution in [0.4, 0.5) is 0 Å². The summed E-state index contributed by atoms with van der Waals surface area (Å²) in [5, 5.41) is 11.1. The SMILES string of the molecule is CCc1nc([C@@H]2CCCN(C(=O)c3ccsc3)C2)n[nH]1. The number of aromatic amines is 1. The lowest BCUT2D eigenvalue weighted by Crippen LogP contribution is -2.39. The molecule has 1 saturated heterocycles. The lowest BCUT2D eigenvalue weighted by atomic mass is 9.97. The molecule has 1 fully saturated rings.